The zero-order valence-corrected chi connectivity index (χ0v) is 12.4. The molecule has 0 amide bonds. The Kier molecular flexibility index (Phi) is 4.16. The van der Waals surface area contributed by atoms with Gasteiger partial charge in [0.2, 0.25) is 0 Å². The maximum atomic E-state index is 6.11. The van der Waals surface area contributed by atoms with E-state index in [1.165, 1.54) is 5.56 Å². The Labute approximate surface area is 120 Å². The molecule has 2 aromatic carbocycles. The molecule has 0 saturated carbocycles. The van der Waals surface area contributed by atoms with Gasteiger partial charge in [-0.3, -0.25) is 0 Å². The number of hydrogen-bond acceptors (Lipinski definition) is 1. The van der Waals surface area contributed by atoms with Crippen LogP contribution in [0.5, 0.6) is 5.75 Å². The van der Waals surface area contributed by atoms with Gasteiger partial charge in [0.1, 0.15) is 12.4 Å². The normalized spacial score (nSPS) is 11.4. The molecule has 2 rings (SSSR count). The Bertz CT molecular complexity index is 555. The second kappa shape index (κ2) is 5.66. The molecular weight excluding hydrogens is 256 g/mol. The van der Waals surface area contributed by atoms with Gasteiger partial charge in [0.25, 0.3) is 0 Å². The van der Waals surface area contributed by atoms with E-state index in [1.807, 2.05) is 36.4 Å². The van der Waals surface area contributed by atoms with Gasteiger partial charge in [0.15, 0.2) is 0 Å². The molecule has 100 valence electrons. The number of hydrogen-bond donors (Lipinski definition) is 0. The first-order chi connectivity index (χ1) is 8.97. The summed E-state index contributed by atoms with van der Waals surface area (Å²) >= 11 is 6.11. The minimum absolute atomic E-state index is 0.129. The van der Waals surface area contributed by atoms with Gasteiger partial charge in [-0.15, -0.1) is 0 Å². The molecule has 0 aromatic heterocycles. The van der Waals surface area contributed by atoms with Crippen LogP contribution in [0.15, 0.2) is 48.5 Å². The quantitative estimate of drug-likeness (QED) is 0.746. The highest BCUT2D eigenvalue weighted by molar-refractivity contribution is 6.31. The predicted octanol–water partition coefficient (Wildman–Crippen LogP) is 5.22. The molecule has 2 aromatic rings. The van der Waals surface area contributed by atoms with Crippen LogP contribution in [-0.4, -0.2) is 0 Å². The van der Waals surface area contributed by atoms with Gasteiger partial charge >= 0.3 is 0 Å². The molecular formula is C17H19ClO. The van der Waals surface area contributed by atoms with E-state index in [0.29, 0.717) is 6.61 Å². The van der Waals surface area contributed by atoms with Crippen LogP contribution in [0.25, 0.3) is 0 Å². The summed E-state index contributed by atoms with van der Waals surface area (Å²) in [5, 5.41) is 0.745. The van der Waals surface area contributed by atoms with E-state index in [4.69, 9.17) is 16.3 Å². The van der Waals surface area contributed by atoms with Crippen molar-refractivity contribution in [3.05, 3.63) is 64.7 Å². The van der Waals surface area contributed by atoms with Gasteiger partial charge in [-0.1, -0.05) is 62.7 Å². The first-order valence-electron chi connectivity index (χ1n) is 6.43. The van der Waals surface area contributed by atoms with E-state index < -0.39 is 0 Å². The summed E-state index contributed by atoms with van der Waals surface area (Å²) in [6, 6.07) is 16.0. The third-order valence-electron chi connectivity index (χ3n) is 3.05. The number of rotatable bonds is 3. The van der Waals surface area contributed by atoms with Crippen molar-refractivity contribution >= 4 is 11.6 Å². The third-order valence-corrected chi connectivity index (χ3v) is 3.42. The minimum atomic E-state index is 0.129. The number of benzene rings is 2. The summed E-state index contributed by atoms with van der Waals surface area (Å²) in [4.78, 5) is 0. The molecule has 0 unspecified atom stereocenters. The highest BCUT2D eigenvalue weighted by Crippen LogP contribution is 2.26. The minimum Gasteiger partial charge on any atom is -0.489 e. The van der Waals surface area contributed by atoms with Gasteiger partial charge in [0.05, 0.1) is 0 Å². The molecule has 19 heavy (non-hydrogen) atoms. The topological polar surface area (TPSA) is 9.23 Å². The van der Waals surface area contributed by atoms with Crippen molar-refractivity contribution in [3.63, 3.8) is 0 Å². The van der Waals surface area contributed by atoms with Crippen LogP contribution >= 0.6 is 11.6 Å². The summed E-state index contributed by atoms with van der Waals surface area (Å²) < 4.78 is 5.82. The second-order valence-electron chi connectivity index (χ2n) is 5.66. The van der Waals surface area contributed by atoms with E-state index in [9.17, 15) is 0 Å². The Morgan fingerprint density at radius 3 is 2.42 bits per heavy atom. The molecule has 0 radical (unpaired) electrons. The summed E-state index contributed by atoms with van der Waals surface area (Å²) in [6.07, 6.45) is 0. The van der Waals surface area contributed by atoms with Crippen molar-refractivity contribution in [1.82, 2.24) is 0 Å². The first-order valence-corrected chi connectivity index (χ1v) is 6.81. The second-order valence-corrected chi connectivity index (χ2v) is 6.07. The summed E-state index contributed by atoms with van der Waals surface area (Å²) in [6.45, 7) is 7.08. The van der Waals surface area contributed by atoms with Crippen molar-refractivity contribution in [2.24, 2.45) is 0 Å². The average molecular weight is 275 g/mol. The highest BCUT2D eigenvalue weighted by Gasteiger charge is 2.13. The van der Waals surface area contributed by atoms with Gasteiger partial charge < -0.3 is 4.74 Å². The van der Waals surface area contributed by atoms with Gasteiger partial charge in [-0.25, -0.2) is 0 Å². The molecule has 0 aliphatic carbocycles. The van der Waals surface area contributed by atoms with Crippen LogP contribution in [-0.2, 0) is 12.0 Å². The molecule has 2 heteroatoms. The lowest BCUT2D eigenvalue weighted by Gasteiger charge is -2.19. The lowest BCUT2D eigenvalue weighted by atomic mass is 9.87. The highest BCUT2D eigenvalue weighted by atomic mass is 35.5. The summed E-state index contributed by atoms with van der Waals surface area (Å²) in [5.41, 5.74) is 2.40. The Morgan fingerprint density at radius 2 is 1.74 bits per heavy atom. The maximum Gasteiger partial charge on any atom is 0.120 e. The van der Waals surface area contributed by atoms with E-state index in [2.05, 4.69) is 32.9 Å². The largest absolute Gasteiger partial charge is 0.489 e. The van der Waals surface area contributed by atoms with Crippen LogP contribution in [0.4, 0.5) is 0 Å². The standard InChI is InChI=1S/C17H19ClO/c1-17(2,3)14-8-6-9-15(11-14)19-12-13-7-4-5-10-16(13)18/h4-11H,12H2,1-3H3. The lowest BCUT2D eigenvalue weighted by Crippen LogP contribution is -2.11. The fraction of sp³-hybridized carbons (Fsp3) is 0.294. The smallest absolute Gasteiger partial charge is 0.120 e. The van der Waals surface area contributed by atoms with Crippen molar-refractivity contribution in [1.29, 1.82) is 0 Å². The van der Waals surface area contributed by atoms with Crippen molar-refractivity contribution in [2.45, 2.75) is 32.8 Å². The fourth-order valence-corrected chi connectivity index (χ4v) is 2.02. The van der Waals surface area contributed by atoms with E-state index in [1.54, 1.807) is 0 Å². The maximum absolute atomic E-state index is 6.11. The SMILES string of the molecule is CC(C)(C)c1cccc(OCc2ccccc2Cl)c1. The van der Waals surface area contributed by atoms with Gasteiger partial charge in [-0.2, -0.15) is 0 Å². The van der Waals surface area contributed by atoms with E-state index >= 15 is 0 Å². The number of ether oxygens (including phenoxy) is 1. The van der Waals surface area contributed by atoms with Crippen molar-refractivity contribution in [3.8, 4) is 5.75 Å². The molecule has 0 heterocycles. The van der Waals surface area contributed by atoms with Gasteiger partial charge in [0, 0.05) is 10.6 Å². The zero-order chi connectivity index (χ0) is 13.9. The average Bonchev–Trinajstić information content (AvgIpc) is 2.37. The molecule has 0 fully saturated rings. The predicted molar refractivity (Wildman–Crippen MR) is 80.9 cm³/mol. The fourth-order valence-electron chi connectivity index (χ4n) is 1.83. The summed E-state index contributed by atoms with van der Waals surface area (Å²) in [5.74, 6) is 0.882. The first kappa shape index (κ1) is 14.0. The number of halogens is 1. The summed E-state index contributed by atoms with van der Waals surface area (Å²) in [7, 11) is 0. The third kappa shape index (κ3) is 3.74. The van der Waals surface area contributed by atoms with Crippen molar-refractivity contribution in [2.75, 3.05) is 0 Å². The van der Waals surface area contributed by atoms with Crippen molar-refractivity contribution < 1.29 is 4.74 Å². The molecule has 0 spiro atoms. The van der Waals surface area contributed by atoms with Crippen LogP contribution in [0.2, 0.25) is 5.02 Å². The Morgan fingerprint density at radius 1 is 1.00 bits per heavy atom. The molecule has 0 aliphatic rings. The molecule has 1 nitrogen and oxygen atoms in total. The Hall–Kier alpha value is -1.47. The molecule has 0 bridgehead atoms. The molecule has 0 N–H and O–H groups in total. The van der Waals surface area contributed by atoms with Crippen LogP contribution in [0.3, 0.4) is 0 Å². The lowest BCUT2D eigenvalue weighted by molar-refractivity contribution is 0.305. The zero-order valence-electron chi connectivity index (χ0n) is 11.6. The molecule has 0 saturated heterocycles. The van der Waals surface area contributed by atoms with E-state index in [-0.39, 0.29) is 5.41 Å². The monoisotopic (exact) mass is 274 g/mol. The van der Waals surface area contributed by atoms with Gasteiger partial charge in [-0.05, 0) is 29.2 Å². The van der Waals surface area contributed by atoms with Crippen LogP contribution in [0.1, 0.15) is 31.9 Å². The molecule has 0 atom stereocenters. The molecule has 0 aliphatic heterocycles. The van der Waals surface area contributed by atoms with Crippen LogP contribution < -0.4 is 4.74 Å². The Balaban J connectivity index is 2.10. The van der Waals surface area contributed by atoms with Crippen LogP contribution in [0, 0.1) is 0 Å². The van der Waals surface area contributed by atoms with E-state index in [0.717, 1.165) is 16.3 Å².